The molecular formula is C12H13ClN4O. The molecule has 0 unspecified atom stereocenters. The lowest BCUT2D eigenvalue weighted by Crippen LogP contribution is -2.10. The van der Waals surface area contributed by atoms with Crippen molar-refractivity contribution in [2.24, 2.45) is 0 Å². The highest BCUT2D eigenvalue weighted by atomic mass is 35.5. The molecule has 0 fully saturated rings. The third-order valence-corrected chi connectivity index (χ3v) is 2.26. The third-order valence-electron chi connectivity index (χ3n) is 2.09. The molecule has 0 radical (unpaired) electrons. The van der Waals surface area contributed by atoms with Crippen molar-refractivity contribution in [1.82, 2.24) is 19.9 Å². The summed E-state index contributed by atoms with van der Waals surface area (Å²) >= 11 is 5.85. The Hall–Kier alpha value is -1.75. The predicted octanol–water partition coefficient (Wildman–Crippen LogP) is 2.30. The lowest BCUT2D eigenvalue weighted by molar-refractivity contribution is 0.220. The molecule has 6 heteroatoms. The number of halogens is 1. The second-order valence-corrected chi connectivity index (χ2v) is 4.34. The number of ether oxygens (including phenoxy) is 1. The average Bonchev–Trinajstić information content (AvgIpc) is 2.28. The van der Waals surface area contributed by atoms with Gasteiger partial charge in [0.1, 0.15) is 5.82 Å². The van der Waals surface area contributed by atoms with E-state index in [1.807, 2.05) is 26.0 Å². The number of nitrogens with zero attached hydrogens (tertiary/aromatic N) is 4. The van der Waals surface area contributed by atoms with Crippen LogP contribution >= 0.6 is 11.6 Å². The second kappa shape index (κ2) is 5.73. The van der Waals surface area contributed by atoms with Crippen LogP contribution in [0.2, 0.25) is 5.28 Å². The highest BCUT2D eigenvalue weighted by molar-refractivity contribution is 6.28. The summed E-state index contributed by atoms with van der Waals surface area (Å²) in [6.07, 6.45) is 4.02. The Balaban J connectivity index is 2.20. The summed E-state index contributed by atoms with van der Waals surface area (Å²) < 4.78 is 5.41. The van der Waals surface area contributed by atoms with Crippen LogP contribution in [0.25, 0.3) is 0 Å². The van der Waals surface area contributed by atoms with Crippen LogP contribution in [0, 0.1) is 0 Å². The van der Waals surface area contributed by atoms with E-state index in [2.05, 4.69) is 19.9 Å². The zero-order valence-electron chi connectivity index (χ0n) is 10.2. The monoisotopic (exact) mass is 264 g/mol. The Morgan fingerprint density at radius 2 is 1.89 bits per heavy atom. The average molecular weight is 265 g/mol. The first kappa shape index (κ1) is 12.7. The predicted molar refractivity (Wildman–Crippen MR) is 67.6 cm³/mol. The van der Waals surface area contributed by atoms with Crippen molar-refractivity contribution in [3.05, 3.63) is 41.2 Å². The lowest BCUT2D eigenvalue weighted by atomic mass is 10.2. The van der Waals surface area contributed by atoms with E-state index in [9.17, 15) is 0 Å². The molecule has 0 aromatic carbocycles. The van der Waals surface area contributed by atoms with E-state index >= 15 is 0 Å². The van der Waals surface area contributed by atoms with Crippen molar-refractivity contribution in [1.29, 1.82) is 0 Å². The molecule has 0 amide bonds. The summed E-state index contributed by atoms with van der Waals surface area (Å²) in [6, 6.07) is 4.07. The summed E-state index contributed by atoms with van der Waals surface area (Å²) in [5.74, 6) is 0.580. The summed E-state index contributed by atoms with van der Waals surface area (Å²) in [5, 5.41) is 0.143. The van der Waals surface area contributed by atoms with E-state index < -0.39 is 0 Å². The first-order chi connectivity index (χ1) is 8.63. The van der Waals surface area contributed by atoms with Gasteiger partial charge in [-0.3, -0.25) is 4.98 Å². The van der Waals surface area contributed by atoms with Gasteiger partial charge in [-0.1, -0.05) is 0 Å². The van der Waals surface area contributed by atoms with Crippen LogP contribution < -0.4 is 4.74 Å². The van der Waals surface area contributed by atoms with Crippen LogP contribution in [0.1, 0.15) is 25.2 Å². The van der Waals surface area contributed by atoms with E-state index in [1.54, 1.807) is 12.4 Å². The second-order valence-electron chi connectivity index (χ2n) is 4.00. The Morgan fingerprint density at radius 3 is 2.56 bits per heavy atom. The Morgan fingerprint density at radius 1 is 1.17 bits per heavy atom. The van der Waals surface area contributed by atoms with Gasteiger partial charge in [-0.15, -0.1) is 0 Å². The normalized spacial score (nSPS) is 10.7. The van der Waals surface area contributed by atoms with Crippen molar-refractivity contribution < 1.29 is 4.74 Å². The molecule has 0 aliphatic rings. The highest BCUT2D eigenvalue weighted by Gasteiger charge is 2.08. The Labute approximate surface area is 110 Å². The fourth-order valence-corrected chi connectivity index (χ4v) is 1.57. The van der Waals surface area contributed by atoms with E-state index in [1.165, 1.54) is 0 Å². The highest BCUT2D eigenvalue weighted by Crippen LogP contribution is 2.12. The number of aromatic nitrogens is 4. The molecule has 5 nitrogen and oxygen atoms in total. The van der Waals surface area contributed by atoms with E-state index in [0.717, 1.165) is 5.56 Å². The third kappa shape index (κ3) is 3.63. The molecule has 0 aliphatic heterocycles. The smallest absolute Gasteiger partial charge is 0.321 e. The molecule has 0 bridgehead atoms. The van der Waals surface area contributed by atoms with Gasteiger partial charge in [0.05, 0.1) is 6.10 Å². The first-order valence-electron chi connectivity index (χ1n) is 5.59. The fourth-order valence-electron chi connectivity index (χ4n) is 1.40. The van der Waals surface area contributed by atoms with Gasteiger partial charge in [-0.05, 0) is 43.1 Å². The van der Waals surface area contributed by atoms with Crippen molar-refractivity contribution >= 4 is 11.6 Å². The molecule has 0 saturated carbocycles. The van der Waals surface area contributed by atoms with E-state index in [0.29, 0.717) is 12.2 Å². The summed E-state index contributed by atoms with van der Waals surface area (Å²) in [6.45, 7) is 3.81. The minimum atomic E-state index is -0.00255. The summed E-state index contributed by atoms with van der Waals surface area (Å²) in [4.78, 5) is 16.2. The van der Waals surface area contributed by atoms with Crippen molar-refractivity contribution in [2.45, 2.75) is 26.4 Å². The van der Waals surface area contributed by atoms with Crippen LogP contribution in [0.5, 0.6) is 6.01 Å². The molecule has 2 rings (SSSR count). The standard InChI is InChI=1S/C12H13ClN4O/c1-8(2)18-12-16-10(15-11(13)17-12)7-9-3-5-14-6-4-9/h3-6,8H,7H2,1-2H3. The largest absolute Gasteiger partial charge is 0.461 e. The molecule has 18 heavy (non-hydrogen) atoms. The molecule has 0 atom stereocenters. The minimum absolute atomic E-state index is 0.00255. The summed E-state index contributed by atoms with van der Waals surface area (Å²) in [7, 11) is 0. The van der Waals surface area contributed by atoms with E-state index in [-0.39, 0.29) is 17.4 Å². The van der Waals surface area contributed by atoms with Gasteiger partial charge in [-0.2, -0.15) is 9.97 Å². The number of rotatable bonds is 4. The van der Waals surface area contributed by atoms with Crippen LogP contribution in [0.3, 0.4) is 0 Å². The first-order valence-corrected chi connectivity index (χ1v) is 5.97. The van der Waals surface area contributed by atoms with Gasteiger partial charge in [0.2, 0.25) is 5.28 Å². The molecular weight excluding hydrogens is 252 g/mol. The molecule has 0 saturated heterocycles. The molecule has 0 spiro atoms. The number of hydrogen-bond donors (Lipinski definition) is 0. The van der Waals surface area contributed by atoms with Crippen LogP contribution in [-0.4, -0.2) is 26.0 Å². The minimum Gasteiger partial charge on any atom is -0.461 e. The summed E-state index contributed by atoms with van der Waals surface area (Å²) in [5.41, 5.74) is 1.06. The molecule has 2 heterocycles. The van der Waals surface area contributed by atoms with Crippen molar-refractivity contribution in [3.63, 3.8) is 0 Å². The van der Waals surface area contributed by atoms with Gasteiger partial charge in [0, 0.05) is 18.8 Å². The van der Waals surface area contributed by atoms with E-state index in [4.69, 9.17) is 16.3 Å². The lowest BCUT2D eigenvalue weighted by Gasteiger charge is -2.08. The van der Waals surface area contributed by atoms with Gasteiger partial charge < -0.3 is 4.74 Å². The number of pyridine rings is 1. The molecule has 0 N–H and O–H groups in total. The molecule has 94 valence electrons. The van der Waals surface area contributed by atoms with Crippen molar-refractivity contribution in [2.75, 3.05) is 0 Å². The maximum Gasteiger partial charge on any atom is 0.321 e. The Bertz CT molecular complexity index is 519. The Kier molecular flexibility index (Phi) is 4.04. The van der Waals surface area contributed by atoms with Crippen LogP contribution in [-0.2, 0) is 6.42 Å². The SMILES string of the molecule is CC(C)Oc1nc(Cl)nc(Cc2ccncc2)n1. The zero-order valence-corrected chi connectivity index (χ0v) is 10.9. The van der Waals surface area contributed by atoms with Crippen LogP contribution in [0.4, 0.5) is 0 Å². The number of hydrogen-bond acceptors (Lipinski definition) is 5. The maximum atomic E-state index is 5.85. The molecule has 2 aromatic heterocycles. The van der Waals surface area contributed by atoms with Gasteiger partial charge in [-0.25, -0.2) is 4.98 Å². The van der Waals surface area contributed by atoms with Gasteiger partial charge in [0.15, 0.2) is 0 Å². The van der Waals surface area contributed by atoms with Crippen molar-refractivity contribution in [3.8, 4) is 6.01 Å². The molecule has 2 aromatic rings. The quantitative estimate of drug-likeness (QED) is 0.848. The van der Waals surface area contributed by atoms with Gasteiger partial charge >= 0.3 is 6.01 Å². The fraction of sp³-hybridized carbons (Fsp3) is 0.333. The topological polar surface area (TPSA) is 60.8 Å². The van der Waals surface area contributed by atoms with Crippen LogP contribution in [0.15, 0.2) is 24.5 Å². The molecule has 0 aliphatic carbocycles. The zero-order chi connectivity index (χ0) is 13.0. The van der Waals surface area contributed by atoms with Gasteiger partial charge in [0.25, 0.3) is 0 Å². The maximum absolute atomic E-state index is 5.85.